The quantitative estimate of drug-likeness (QED) is 0.109. The molecule has 42 heavy (non-hydrogen) atoms. The lowest BCUT2D eigenvalue weighted by molar-refractivity contribution is -0.124. The van der Waals surface area contributed by atoms with Gasteiger partial charge in [0.2, 0.25) is 5.91 Å². The van der Waals surface area contributed by atoms with Crippen molar-refractivity contribution in [3.63, 3.8) is 0 Å². The third-order valence-electron chi connectivity index (χ3n) is 5.91. The van der Waals surface area contributed by atoms with Crippen molar-refractivity contribution in [2.75, 3.05) is 112 Å². The number of ketones is 1. The van der Waals surface area contributed by atoms with E-state index in [0.29, 0.717) is 137 Å². The highest BCUT2D eigenvalue weighted by molar-refractivity contribution is 5.78. The molecule has 0 saturated heterocycles. The molecular weight excluding hydrogens is 546 g/mol. The van der Waals surface area contributed by atoms with Crippen LogP contribution in [0.5, 0.6) is 0 Å². The largest absolute Gasteiger partial charge is 0.379 e. The summed E-state index contributed by atoms with van der Waals surface area (Å²) >= 11 is 0. The van der Waals surface area contributed by atoms with Gasteiger partial charge in [-0.05, 0) is 18.8 Å². The van der Waals surface area contributed by atoms with E-state index in [-0.39, 0.29) is 11.8 Å². The van der Waals surface area contributed by atoms with E-state index < -0.39 is 0 Å². The third kappa shape index (κ3) is 33.3. The highest BCUT2D eigenvalue weighted by Crippen LogP contribution is 2.09. The van der Waals surface area contributed by atoms with Gasteiger partial charge < -0.3 is 43.2 Å². The zero-order valence-corrected chi connectivity index (χ0v) is 27.0. The van der Waals surface area contributed by atoms with Gasteiger partial charge in [0.25, 0.3) is 0 Å². The number of rotatable bonds is 34. The number of carbonyl (C=O) groups excluding carboxylic acids is 2. The zero-order chi connectivity index (χ0) is 30.9. The Kier molecular flexibility index (Phi) is 31.8. The summed E-state index contributed by atoms with van der Waals surface area (Å²) in [6, 6.07) is 0. The Bertz CT molecular complexity index is 592. The van der Waals surface area contributed by atoms with Gasteiger partial charge in [-0.3, -0.25) is 9.59 Å². The molecule has 0 radical (unpaired) electrons. The number of Topliss-reactive ketones (excluding diaryl/α,β-unsaturated/α-hetero) is 1. The Morgan fingerprint density at radius 1 is 0.476 bits per heavy atom. The van der Waals surface area contributed by atoms with E-state index in [4.69, 9.17) is 37.9 Å². The van der Waals surface area contributed by atoms with Gasteiger partial charge in [0.15, 0.2) is 0 Å². The molecule has 11 heteroatoms. The van der Waals surface area contributed by atoms with Gasteiger partial charge in [-0.25, -0.2) is 0 Å². The molecule has 0 aliphatic heterocycles. The first kappa shape index (κ1) is 40.8. The molecular formula is C31H61NO10. The Hall–Kier alpha value is -1.18. The summed E-state index contributed by atoms with van der Waals surface area (Å²) in [4.78, 5) is 23.2. The van der Waals surface area contributed by atoms with Gasteiger partial charge in [-0.15, -0.1) is 0 Å². The van der Waals surface area contributed by atoms with Crippen molar-refractivity contribution < 1.29 is 47.5 Å². The maximum atomic E-state index is 11.8. The lowest BCUT2D eigenvalue weighted by Gasteiger charge is -2.09. The molecule has 0 bridgehead atoms. The molecule has 0 heterocycles. The maximum Gasteiger partial charge on any atom is 0.222 e. The minimum absolute atomic E-state index is 0.0118. The summed E-state index contributed by atoms with van der Waals surface area (Å²) in [5.74, 6) is 1.08. The van der Waals surface area contributed by atoms with Crippen molar-refractivity contribution in [3.05, 3.63) is 0 Å². The fourth-order valence-electron chi connectivity index (χ4n) is 3.46. The lowest BCUT2D eigenvalue weighted by Crippen LogP contribution is -2.31. The average molecular weight is 608 g/mol. The zero-order valence-electron chi connectivity index (χ0n) is 27.0. The van der Waals surface area contributed by atoms with Gasteiger partial charge >= 0.3 is 0 Å². The Morgan fingerprint density at radius 3 is 1.21 bits per heavy atom. The first-order valence-corrected chi connectivity index (χ1v) is 15.8. The topological polar surface area (TPSA) is 120 Å². The molecule has 0 atom stereocenters. The molecule has 0 aromatic heterocycles. The molecule has 0 rings (SSSR count). The van der Waals surface area contributed by atoms with Crippen molar-refractivity contribution >= 4 is 11.7 Å². The molecule has 250 valence electrons. The summed E-state index contributed by atoms with van der Waals surface area (Å²) < 4.78 is 43.7. The van der Waals surface area contributed by atoms with Gasteiger partial charge in [0.1, 0.15) is 5.78 Å². The SMILES string of the molecule is CC(C)CCCCC(=O)CCCOCCOCCOCCOCCOCCOCCOCCOCCNC(=O)C(C)C. The van der Waals surface area contributed by atoms with Crippen LogP contribution in [0.25, 0.3) is 0 Å². The number of carbonyl (C=O) groups is 2. The molecule has 11 nitrogen and oxygen atoms in total. The lowest BCUT2D eigenvalue weighted by atomic mass is 10.0. The van der Waals surface area contributed by atoms with Crippen LogP contribution in [0.15, 0.2) is 0 Å². The number of nitrogens with one attached hydrogen (secondary N) is 1. The molecule has 0 aromatic rings. The van der Waals surface area contributed by atoms with Crippen LogP contribution in [0.3, 0.4) is 0 Å². The first-order valence-electron chi connectivity index (χ1n) is 15.8. The summed E-state index contributed by atoms with van der Waals surface area (Å²) in [6.45, 7) is 16.8. The number of hydrogen-bond acceptors (Lipinski definition) is 10. The number of hydrogen-bond donors (Lipinski definition) is 1. The molecule has 0 fully saturated rings. The standard InChI is InChI=1S/C31H61NO10/c1-28(2)8-5-6-9-30(33)10-7-12-35-14-16-37-18-20-39-22-24-41-26-27-42-25-23-40-21-19-38-17-15-36-13-11-32-31(34)29(3)4/h28-29H,5-27H2,1-4H3,(H,32,34). The maximum absolute atomic E-state index is 11.8. The van der Waals surface area contributed by atoms with Gasteiger partial charge in [0, 0.05) is 31.9 Å². The second kappa shape index (κ2) is 32.7. The van der Waals surface area contributed by atoms with Crippen LogP contribution in [0, 0.1) is 11.8 Å². The molecule has 1 amide bonds. The normalized spacial score (nSPS) is 11.6. The van der Waals surface area contributed by atoms with Crippen LogP contribution < -0.4 is 5.32 Å². The molecule has 0 saturated carbocycles. The second-order valence-electron chi connectivity index (χ2n) is 10.6. The number of ether oxygens (including phenoxy) is 8. The smallest absolute Gasteiger partial charge is 0.222 e. The van der Waals surface area contributed by atoms with Gasteiger partial charge in [0.05, 0.1) is 99.1 Å². The fraction of sp³-hybridized carbons (Fsp3) is 0.935. The summed E-state index contributed by atoms with van der Waals surface area (Å²) in [7, 11) is 0. The Labute approximate surface area is 254 Å². The van der Waals surface area contributed by atoms with Crippen LogP contribution in [0.1, 0.15) is 66.2 Å². The molecule has 0 spiro atoms. The minimum atomic E-state index is -0.0118. The van der Waals surface area contributed by atoms with E-state index >= 15 is 0 Å². The Balaban J connectivity index is 3.12. The monoisotopic (exact) mass is 607 g/mol. The highest BCUT2D eigenvalue weighted by atomic mass is 16.6. The van der Waals surface area contributed by atoms with E-state index in [9.17, 15) is 9.59 Å². The van der Waals surface area contributed by atoms with E-state index in [1.165, 1.54) is 6.42 Å². The minimum Gasteiger partial charge on any atom is -0.379 e. The molecule has 1 N–H and O–H groups in total. The predicted octanol–water partition coefficient (Wildman–Crippen LogP) is 3.46. The van der Waals surface area contributed by atoms with Crippen molar-refractivity contribution in [2.24, 2.45) is 11.8 Å². The first-order chi connectivity index (χ1) is 20.4. The van der Waals surface area contributed by atoms with Crippen LogP contribution in [0.4, 0.5) is 0 Å². The van der Waals surface area contributed by atoms with Crippen LogP contribution in [-0.4, -0.2) is 124 Å². The summed E-state index contributed by atoms with van der Waals surface area (Å²) in [5, 5.41) is 2.79. The predicted molar refractivity (Wildman–Crippen MR) is 162 cm³/mol. The molecule has 0 aromatic carbocycles. The van der Waals surface area contributed by atoms with E-state index in [1.54, 1.807) is 0 Å². The van der Waals surface area contributed by atoms with Crippen molar-refractivity contribution in [3.8, 4) is 0 Å². The molecule has 0 aliphatic carbocycles. The molecule has 0 unspecified atom stereocenters. The van der Waals surface area contributed by atoms with E-state index in [2.05, 4.69) is 19.2 Å². The Morgan fingerprint density at radius 2 is 0.833 bits per heavy atom. The van der Waals surface area contributed by atoms with Crippen LogP contribution >= 0.6 is 0 Å². The summed E-state index contributed by atoms with van der Waals surface area (Å²) in [5.41, 5.74) is 0. The average Bonchev–Trinajstić information content (AvgIpc) is 2.96. The third-order valence-corrected chi connectivity index (χ3v) is 5.91. The fourth-order valence-corrected chi connectivity index (χ4v) is 3.46. The van der Waals surface area contributed by atoms with Crippen LogP contribution in [-0.2, 0) is 47.5 Å². The van der Waals surface area contributed by atoms with Crippen molar-refractivity contribution in [1.29, 1.82) is 0 Å². The summed E-state index contributed by atoms with van der Waals surface area (Å²) in [6.07, 6.45) is 5.43. The van der Waals surface area contributed by atoms with E-state index in [1.807, 2.05) is 13.8 Å². The van der Waals surface area contributed by atoms with Crippen molar-refractivity contribution in [1.82, 2.24) is 5.32 Å². The van der Waals surface area contributed by atoms with Crippen LogP contribution in [0.2, 0.25) is 0 Å². The highest BCUT2D eigenvalue weighted by Gasteiger charge is 2.05. The number of unbranched alkanes of at least 4 members (excludes halogenated alkanes) is 1. The van der Waals surface area contributed by atoms with E-state index in [0.717, 1.165) is 19.3 Å². The number of amides is 1. The van der Waals surface area contributed by atoms with Crippen molar-refractivity contribution in [2.45, 2.75) is 66.2 Å². The second-order valence-corrected chi connectivity index (χ2v) is 10.6. The van der Waals surface area contributed by atoms with Gasteiger partial charge in [-0.2, -0.15) is 0 Å². The molecule has 0 aliphatic rings. The van der Waals surface area contributed by atoms with Gasteiger partial charge in [-0.1, -0.05) is 40.5 Å².